The number of aromatic nitrogens is 1. The lowest BCUT2D eigenvalue weighted by Crippen LogP contribution is -2.29. The van der Waals surface area contributed by atoms with Gasteiger partial charge in [-0.05, 0) is 67.4 Å². The Kier molecular flexibility index (Phi) is 5.13. The molecule has 1 aliphatic heterocycles. The molecule has 5 rings (SSSR count). The minimum atomic E-state index is -1.17. The molecule has 3 aromatic carbocycles. The number of nitrogens with one attached hydrogen (secondary N) is 1. The van der Waals surface area contributed by atoms with E-state index in [0.29, 0.717) is 28.2 Å². The lowest BCUT2D eigenvalue weighted by molar-refractivity contribution is 0.0696. The number of nitrogens with zero attached hydrogens (tertiary/aromatic N) is 2. The van der Waals surface area contributed by atoms with Crippen LogP contribution in [0.2, 0.25) is 0 Å². The largest absolute Gasteiger partial charge is 0.478 e. The number of aromatic carboxylic acids is 1. The van der Waals surface area contributed by atoms with E-state index in [9.17, 15) is 19.5 Å². The van der Waals surface area contributed by atoms with Gasteiger partial charge in [-0.25, -0.2) is 14.7 Å². The van der Waals surface area contributed by atoms with Gasteiger partial charge < -0.3 is 14.8 Å². The zero-order valence-corrected chi connectivity index (χ0v) is 18.6. The zero-order chi connectivity index (χ0) is 24.0. The first-order valence-corrected chi connectivity index (χ1v) is 10.9. The number of amides is 2. The second-order valence-corrected chi connectivity index (χ2v) is 8.16. The molecule has 0 spiro atoms. The summed E-state index contributed by atoms with van der Waals surface area (Å²) in [5.74, 6) is -1.88. The Morgan fingerprint density at radius 1 is 1.00 bits per heavy atom. The highest BCUT2D eigenvalue weighted by Crippen LogP contribution is 2.36. The molecule has 4 aromatic rings. The predicted octanol–water partition coefficient (Wildman–Crippen LogP) is 5.12. The van der Waals surface area contributed by atoms with E-state index in [1.807, 2.05) is 32.0 Å². The normalized spacial score (nSPS) is 12.9. The highest BCUT2D eigenvalue weighted by Gasteiger charge is 2.37. The van der Waals surface area contributed by atoms with Crippen LogP contribution in [-0.4, -0.2) is 34.4 Å². The molecule has 1 aliphatic rings. The molecule has 0 atom stereocenters. The van der Waals surface area contributed by atoms with Crippen molar-refractivity contribution in [1.29, 1.82) is 0 Å². The van der Waals surface area contributed by atoms with Crippen molar-refractivity contribution in [2.24, 2.45) is 0 Å². The maximum Gasteiger partial charge on any atom is 0.335 e. The number of carboxylic acid groups (broad SMARTS) is 1. The summed E-state index contributed by atoms with van der Waals surface area (Å²) in [7, 11) is 0. The molecular weight excluding hydrogens is 434 g/mol. The quantitative estimate of drug-likeness (QED) is 0.388. The number of oxazole rings is 1. The molecule has 0 saturated carbocycles. The summed E-state index contributed by atoms with van der Waals surface area (Å²) in [6, 6.07) is 14.8. The van der Waals surface area contributed by atoms with Gasteiger partial charge in [0.15, 0.2) is 5.58 Å². The van der Waals surface area contributed by atoms with E-state index in [4.69, 9.17) is 4.42 Å². The fourth-order valence-corrected chi connectivity index (χ4v) is 4.02. The average molecular weight is 455 g/mol. The smallest absolute Gasteiger partial charge is 0.335 e. The molecule has 2 N–H and O–H groups in total. The Hall–Kier alpha value is -4.46. The number of benzene rings is 3. The lowest BCUT2D eigenvalue weighted by Gasteiger charge is -2.17. The van der Waals surface area contributed by atoms with Gasteiger partial charge in [0.25, 0.3) is 11.8 Å². The summed E-state index contributed by atoms with van der Waals surface area (Å²) in [6.45, 7) is 4.74. The molecule has 2 amide bonds. The van der Waals surface area contributed by atoms with Crippen molar-refractivity contribution in [1.82, 2.24) is 4.98 Å². The Morgan fingerprint density at radius 3 is 2.56 bits per heavy atom. The molecule has 0 unspecified atom stereocenters. The Bertz CT molecular complexity index is 1490. The van der Waals surface area contributed by atoms with E-state index >= 15 is 0 Å². The summed E-state index contributed by atoms with van der Waals surface area (Å²) >= 11 is 0. The van der Waals surface area contributed by atoms with Gasteiger partial charge in [0, 0.05) is 12.2 Å². The third kappa shape index (κ3) is 3.49. The van der Waals surface area contributed by atoms with Crippen LogP contribution >= 0.6 is 0 Å². The number of imide groups is 1. The number of hydrogen-bond donors (Lipinski definition) is 2. The first-order chi connectivity index (χ1) is 16.4. The highest BCUT2D eigenvalue weighted by atomic mass is 16.4. The molecule has 0 saturated heterocycles. The Balaban J connectivity index is 1.60. The van der Waals surface area contributed by atoms with Gasteiger partial charge in [0.05, 0.1) is 27.9 Å². The molecule has 34 heavy (non-hydrogen) atoms. The van der Waals surface area contributed by atoms with Crippen LogP contribution in [0.25, 0.3) is 22.6 Å². The lowest BCUT2D eigenvalue weighted by atomic mass is 10.1. The van der Waals surface area contributed by atoms with Crippen molar-refractivity contribution in [3.05, 3.63) is 76.9 Å². The van der Waals surface area contributed by atoms with Crippen LogP contribution < -0.4 is 10.2 Å². The third-order valence-electron chi connectivity index (χ3n) is 5.73. The van der Waals surface area contributed by atoms with Crippen molar-refractivity contribution >= 4 is 40.3 Å². The second kappa shape index (κ2) is 8.15. The molecule has 1 aromatic heterocycles. The molecule has 8 heteroatoms. The van der Waals surface area contributed by atoms with Crippen LogP contribution in [0.5, 0.6) is 0 Å². The van der Waals surface area contributed by atoms with Crippen LogP contribution in [0.1, 0.15) is 50.0 Å². The number of carbonyl (C=O) groups is 3. The molecular formula is C26H21N3O5. The van der Waals surface area contributed by atoms with Crippen molar-refractivity contribution < 1.29 is 23.9 Å². The maximum atomic E-state index is 13.1. The number of hydrogen-bond acceptors (Lipinski definition) is 6. The number of anilines is 2. The van der Waals surface area contributed by atoms with Gasteiger partial charge in [-0.2, -0.15) is 0 Å². The highest BCUT2D eigenvalue weighted by molar-refractivity contribution is 6.34. The standard InChI is InChI=1S/C26H21N3O5/c1-3-10-27-20-8-6-16(13-19(20)23-28-21-11-14(2)4-9-22(21)34-23)29-24(30)17-7-5-15(26(32)33)12-18(17)25(29)31/h4-9,11-13,27H,3,10H2,1-2H3,(H,32,33). The zero-order valence-electron chi connectivity index (χ0n) is 18.6. The van der Waals surface area contributed by atoms with E-state index in [2.05, 4.69) is 10.3 Å². The summed E-state index contributed by atoms with van der Waals surface area (Å²) in [5, 5.41) is 12.6. The van der Waals surface area contributed by atoms with Gasteiger partial charge in [-0.15, -0.1) is 0 Å². The number of rotatable bonds is 6. The third-order valence-corrected chi connectivity index (χ3v) is 5.73. The fourth-order valence-electron chi connectivity index (χ4n) is 4.02. The number of carbonyl (C=O) groups excluding carboxylic acids is 2. The van der Waals surface area contributed by atoms with Crippen LogP contribution in [0.15, 0.2) is 59.0 Å². The van der Waals surface area contributed by atoms with Crippen LogP contribution in [-0.2, 0) is 0 Å². The SMILES string of the molecule is CCCNc1ccc(N2C(=O)c3ccc(C(=O)O)cc3C2=O)cc1-c1nc2cc(C)ccc2o1. The minimum Gasteiger partial charge on any atom is -0.478 e. The molecule has 2 heterocycles. The molecule has 0 bridgehead atoms. The monoisotopic (exact) mass is 455 g/mol. The summed E-state index contributed by atoms with van der Waals surface area (Å²) in [5.41, 5.74) is 4.30. The van der Waals surface area contributed by atoms with E-state index in [1.54, 1.807) is 18.2 Å². The van der Waals surface area contributed by atoms with Gasteiger partial charge in [0.2, 0.25) is 5.89 Å². The molecule has 0 radical (unpaired) electrons. The molecule has 8 nitrogen and oxygen atoms in total. The second-order valence-electron chi connectivity index (χ2n) is 8.16. The van der Waals surface area contributed by atoms with Gasteiger partial charge in [0.1, 0.15) is 5.52 Å². The van der Waals surface area contributed by atoms with Gasteiger partial charge in [-0.1, -0.05) is 13.0 Å². The Morgan fingerprint density at radius 2 is 1.79 bits per heavy atom. The summed E-state index contributed by atoms with van der Waals surface area (Å²) in [4.78, 5) is 43.2. The summed E-state index contributed by atoms with van der Waals surface area (Å²) < 4.78 is 6.00. The van der Waals surface area contributed by atoms with Crippen molar-refractivity contribution in [3.63, 3.8) is 0 Å². The van der Waals surface area contributed by atoms with Crippen LogP contribution in [0.4, 0.5) is 11.4 Å². The number of aryl methyl sites for hydroxylation is 1. The van der Waals surface area contributed by atoms with Crippen LogP contribution in [0.3, 0.4) is 0 Å². The topological polar surface area (TPSA) is 113 Å². The van der Waals surface area contributed by atoms with E-state index in [-0.39, 0.29) is 16.7 Å². The van der Waals surface area contributed by atoms with E-state index < -0.39 is 17.8 Å². The number of fused-ring (bicyclic) bond motifs is 2. The van der Waals surface area contributed by atoms with Crippen molar-refractivity contribution in [2.45, 2.75) is 20.3 Å². The average Bonchev–Trinajstić information content (AvgIpc) is 3.35. The molecule has 0 aliphatic carbocycles. The predicted molar refractivity (Wildman–Crippen MR) is 128 cm³/mol. The summed E-state index contributed by atoms with van der Waals surface area (Å²) in [6.07, 6.45) is 0.901. The fraction of sp³-hybridized carbons (Fsp3) is 0.154. The first kappa shape index (κ1) is 21.4. The molecule has 0 fully saturated rings. The van der Waals surface area contributed by atoms with E-state index in [1.165, 1.54) is 18.2 Å². The first-order valence-electron chi connectivity index (χ1n) is 10.9. The molecule has 170 valence electrons. The van der Waals surface area contributed by atoms with E-state index in [0.717, 1.165) is 29.1 Å². The van der Waals surface area contributed by atoms with Crippen molar-refractivity contribution in [2.75, 3.05) is 16.8 Å². The number of carboxylic acids is 1. The van der Waals surface area contributed by atoms with Crippen LogP contribution in [0, 0.1) is 6.92 Å². The van der Waals surface area contributed by atoms with Crippen molar-refractivity contribution in [3.8, 4) is 11.5 Å². The van der Waals surface area contributed by atoms with Gasteiger partial charge in [-0.3, -0.25) is 9.59 Å². The minimum absolute atomic E-state index is 0.0525. The maximum absolute atomic E-state index is 13.1. The Labute approximate surface area is 194 Å². The van der Waals surface area contributed by atoms with Gasteiger partial charge >= 0.3 is 5.97 Å².